The molecule has 0 unspecified atom stereocenters. The van der Waals surface area contributed by atoms with Crippen LogP contribution in [0.25, 0.3) is 0 Å². The summed E-state index contributed by atoms with van der Waals surface area (Å²) in [4.78, 5) is 24.0. The summed E-state index contributed by atoms with van der Waals surface area (Å²) in [6.07, 6.45) is 9.22. The Morgan fingerprint density at radius 3 is 2.72 bits per heavy atom. The van der Waals surface area contributed by atoms with Gasteiger partial charge in [-0.3, -0.25) is 4.79 Å². The largest absolute Gasteiger partial charge is 0.356 e. The van der Waals surface area contributed by atoms with Crippen LogP contribution < -0.4 is 10.2 Å². The van der Waals surface area contributed by atoms with Gasteiger partial charge in [0.15, 0.2) is 0 Å². The number of fused-ring (bicyclic) bond motifs is 2. The summed E-state index contributed by atoms with van der Waals surface area (Å²) in [6.45, 7) is 6.49. The third-order valence-corrected chi connectivity index (χ3v) is 6.00. The fourth-order valence-electron chi connectivity index (χ4n) is 4.73. The van der Waals surface area contributed by atoms with E-state index in [4.69, 9.17) is 0 Å². The highest BCUT2D eigenvalue weighted by molar-refractivity contribution is 5.79. The zero-order valence-electron chi connectivity index (χ0n) is 15.2. The number of nitrogens with one attached hydrogen (secondary N) is 1. The fraction of sp³-hybridized carbons (Fsp3) is 0.650. The highest BCUT2D eigenvalue weighted by atomic mass is 16.1. The number of carbonyl (C=O) groups excluding carboxylic acids is 1. The molecule has 1 aliphatic heterocycles. The molecule has 1 N–H and O–H groups in total. The Morgan fingerprint density at radius 2 is 2.04 bits per heavy atom. The number of anilines is 1. The molecule has 2 aliphatic carbocycles. The predicted octanol–water partition coefficient (Wildman–Crippen LogP) is 2.64. The van der Waals surface area contributed by atoms with Gasteiger partial charge in [-0.2, -0.15) is 0 Å². The maximum Gasteiger partial charge on any atom is 0.225 e. The fourth-order valence-corrected chi connectivity index (χ4v) is 4.73. The molecule has 0 spiro atoms. The molecule has 2 bridgehead atoms. The quantitative estimate of drug-likeness (QED) is 0.856. The normalized spacial score (nSPS) is 30.7. The summed E-state index contributed by atoms with van der Waals surface area (Å²) >= 11 is 0. The van der Waals surface area contributed by atoms with Crippen LogP contribution in [0.4, 0.5) is 5.95 Å². The molecule has 1 saturated carbocycles. The number of carbonyl (C=O) groups is 1. The van der Waals surface area contributed by atoms with E-state index in [0.717, 1.165) is 55.7 Å². The van der Waals surface area contributed by atoms with Crippen LogP contribution in [0.15, 0.2) is 18.2 Å². The lowest BCUT2D eigenvalue weighted by Crippen LogP contribution is -2.45. The average Bonchev–Trinajstić information content (AvgIpc) is 3.22. The van der Waals surface area contributed by atoms with E-state index in [1.54, 1.807) is 0 Å². The van der Waals surface area contributed by atoms with Gasteiger partial charge >= 0.3 is 0 Å². The van der Waals surface area contributed by atoms with Gasteiger partial charge in [0.1, 0.15) is 0 Å². The lowest BCUT2D eigenvalue weighted by Gasteiger charge is -2.32. The molecule has 1 aromatic rings. The smallest absolute Gasteiger partial charge is 0.225 e. The van der Waals surface area contributed by atoms with Gasteiger partial charge in [-0.25, -0.2) is 9.97 Å². The Hall–Kier alpha value is -1.91. The summed E-state index contributed by atoms with van der Waals surface area (Å²) in [7, 11) is 0. The van der Waals surface area contributed by atoms with Crippen LogP contribution in [0.1, 0.15) is 37.1 Å². The number of piperidine rings is 1. The molecule has 1 saturated heterocycles. The van der Waals surface area contributed by atoms with E-state index in [9.17, 15) is 4.79 Å². The molecule has 2 heterocycles. The molecule has 25 heavy (non-hydrogen) atoms. The average molecular weight is 340 g/mol. The number of aryl methyl sites for hydroxylation is 2. The monoisotopic (exact) mass is 340 g/mol. The van der Waals surface area contributed by atoms with Crippen molar-refractivity contribution in [3.8, 4) is 0 Å². The summed E-state index contributed by atoms with van der Waals surface area (Å²) in [5, 5.41) is 3.23. The molecule has 3 aliphatic rings. The zero-order chi connectivity index (χ0) is 17.4. The standard InChI is InChI=1S/C20H28N4O/c1-13-8-14(2)23-20(22-13)24-7-3-4-17(12-24)19(25)21-11-18-10-15-5-6-16(18)9-15/h5-6,8,15-18H,3-4,7,9-12H2,1-2H3,(H,21,25)/t15-,16-,17+,18-/m0/s1. The number of rotatable bonds is 4. The van der Waals surface area contributed by atoms with E-state index in [0.29, 0.717) is 11.8 Å². The van der Waals surface area contributed by atoms with Gasteiger partial charge in [0.25, 0.3) is 0 Å². The highest BCUT2D eigenvalue weighted by Gasteiger charge is 2.36. The van der Waals surface area contributed by atoms with E-state index < -0.39 is 0 Å². The minimum Gasteiger partial charge on any atom is -0.356 e. The van der Waals surface area contributed by atoms with Crippen molar-refractivity contribution in [2.75, 3.05) is 24.5 Å². The van der Waals surface area contributed by atoms with Gasteiger partial charge in [0.2, 0.25) is 11.9 Å². The molecular weight excluding hydrogens is 312 g/mol. The lowest BCUT2D eigenvalue weighted by molar-refractivity contribution is -0.125. The van der Waals surface area contributed by atoms with Crippen LogP contribution >= 0.6 is 0 Å². The minimum absolute atomic E-state index is 0.0484. The topological polar surface area (TPSA) is 58.1 Å². The van der Waals surface area contributed by atoms with Gasteiger partial charge in [-0.1, -0.05) is 12.2 Å². The summed E-state index contributed by atoms with van der Waals surface area (Å²) < 4.78 is 0. The van der Waals surface area contributed by atoms with Crippen molar-refractivity contribution < 1.29 is 4.79 Å². The van der Waals surface area contributed by atoms with Gasteiger partial charge in [-0.05, 0) is 63.4 Å². The van der Waals surface area contributed by atoms with Crippen molar-refractivity contribution in [3.63, 3.8) is 0 Å². The lowest BCUT2D eigenvalue weighted by atomic mass is 9.92. The first-order valence-electron chi connectivity index (χ1n) is 9.62. The van der Waals surface area contributed by atoms with Crippen molar-refractivity contribution in [2.24, 2.45) is 23.7 Å². The second-order valence-electron chi connectivity index (χ2n) is 8.02. The number of allylic oxidation sites excluding steroid dienone is 2. The van der Waals surface area contributed by atoms with E-state index in [-0.39, 0.29) is 11.8 Å². The molecule has 5 nitrogen and oxygen atoms in total. The Kier molecular flexibility index (Phi) is 4.48. The number of hydrogen-bond acceptors (Lipinski definition) is 4. The number of nitrogens with zero attached hydrogens (tertiary/aromatic N) is 3. The zero-order valence-corrected chi connectivity index (χ0v) is 15.2. The molecule has 0 radical (unpaired) electrons. The van der Waals surface area contributed by atoms with Crippen LogP contribution in [-0.2, 0) is 4.79 Å². The number of hydrogen-bond donors (Lipinski definition) is 1. The SMILES string of the molecule is Cc1cc(C)nc(N2CCC[C@@H](C(=O)NC[C@@H]3C[C@H]4C=C[C@H]3C4)C2)n1. The first-order chi connectivity index (χ1) is 12.1. The molecule has 4 rings (SSSR count). The van der Waals surface area contributed by atoms with Gasteiger partial charge < -0.3 is 10.2 Å². The molecule has 2 fully saturated rings. The highest BCUT2D eigenvalue weighted by Crippen LogP contribution is 2.43. The van der Waals surface area contributed by atoms with Gasteiger partial charge in [0, 0.05) is 31.0 Å². The van der Waals surface area contributed by atoms with E-state index in [2.05, 4.69) is 32.3 Å². The Labute approximate surface area is 149 Å². The van der Waals surface area contributed by atoms with Crippen molar-refractivity contribution in [1.29, 1.82) is 0 Å². The molecule has 0 aromatic carbocycles. The molecule has 1 aromatic heterocycles. The maximum absolute atomic E-state index is 12.7. The first kappa shape index (κ1) is 16.6. The molecule has 134 valence electrons. The van der Waals surface area contributed by atoms with Gasteiger partial charge in [0.05, 0.1) is 5.92 Å². The van der Waals surface area contributed by atoms with Gasteiger partial charge in [-0.15, -0.1) is 0 Å². The summed E-state index contributed by atoms with van der Waals surface area (Å²) in [5.41, 5.74) is 1.97. The Morgan fingerprint density at radius 1 is 1.24 bits per heavy atom. The third-order valence-electron chi connectivity index (χ3n) is 6.00. The maximum atomic E-state index is 12.7. The van der Waals surface area contributed by atoms with E-state index in [1.807, 2.05) is 19.9 Å². The second-order valence-corrected chi connectivity index (χ2v) is 8.02. The molecule has 4 atom stereocenters. The van der Waals surface area contributed by atoms with Crippen LogP contribution in [0.2, 0.25) is 0 Å². The van der Waals surface area contributed by atoms with E-state index in [1.165, 1.54) is 12.8 Å². The van der Waals surface area contributed by atoms with Crippen LogP contribution in [0, 0.1) is 37.5 Å². The first-order valence-corrected chi connectivity index (χ1v) is 9.62. The van der Waals surface area contributed by atoms with Crippen molar-refractivity contribution in [2.45, 2.75) is 39.5 Å². The second kappa shape index (κ2) is 6.77. The van der Waals surface area contributed by atoms with Crippen LogP contribution in [0.3, 0.4) is 0 Å². The Bertz CT molecular complexity index is 666. The van der Waals surface area contributed by atoms with Crippen molar-refractivity contribution in [3.05, 3.63) is 29.6 Å². The van der Waals surface area contributed by atoms with E-state index >= 15 is 0 Å². The number of aromatic nitrogens is 2. The minimum atomic E-state index is 0.0484. The molecular formula is C20H28N4O. The van der Waals surface area contributed by atoms with Crippen LogP contribution in [0.5, 0.6) is 0 Å². The molecule has 1 amide bonds. The Balaban J connectivity index is 1.34. The summed E-state index contributed by atoms with van der Waals surface area (Å²) in [6, 6.07) is 1.99. The number of amides is 1. The summed E-state index contributed by atoms with van der Waals surface area (Å²) in [5.74, 6) is 3.12. The molecule has 5 heteroatoms. The van der Waals surface area contributed by atoms with Crippen LogP contribution in [-0.4, -0.2) is 35.5 Å². The third kappa shape index (κ3) is 3.55. The van der Waals surface area contributed by atoms with Crippen molar-refractivity contribution >= 4 is 11.9 Å². The predicted molar refractivity (Wildman–Crippen MR) is 98.3 cm³/mol. The van der Waals surface area contributed by atoms with Crippen molar-refractivity contribution in [1.82, 2.24) is 15.3 Å².